The minimum Gasteiger partial charge on any atom is -0.396 e. The van der Waals surface area contributed by atoms with Gasteiger partial charge in [0.05, 0.1) is 6.61 Å². The predicted octanol–water partition coefficient (Wildman–Crippen LogP) is 6.59. The molecule has 3 heteroatoms. The van der Waals surface area contributed by atoms with Crippen molar-refractivity contribution in [3.8, 4) is 0 Å². The molecule has 11 atom stereocenters. The number of aliphatic hydroxyl groups excluding tert-OH is 1. The van der Waals surface area contributed by atoms with E-state index < -0.39 is 0 Å². The van der Waals surface area contributed by atoms with E-state index in [0.29, 0.717) is 40.4 Å². The average molecular weight is 455 g/mol. The van der Waals surface area contributed by atoms with Crippen LogP contribution in [0.25, 0.3) is 0 Å². The molecule has 5 fully saturated rings. The van der Waals surface area contributed by atoms with Crippen LogP contribution in [-0.4, -0.2) is 24.0 Å². The molecular formula is C30H50N2O. The second-order valence-electron chi connectivity index (χ2n) is 14.4. The average Bonchev–Trinajstić information content (AvgIpc) is 3.17. The van der Waals surface area contributed by atoms with Gasteiger partial charge in [-0.3, -0.25) is 0 Å². The van der Waals surface area contributed by atoms with Crippen LogP contribution < -0.4 is 5.73 Å². The van der Waals surface area contributed by atoms with E-state index in [1.165, 1.54) is 63.4 Å². The van der Waals surface area contributed by atoms with Gasteiger partial charge in [-0.2, -0.15) is 0 Å². The van der Waals surface area contributed by atoms with E-state index in [-0.39, 0.29) is 28.9 Å². The Balaban J connectivity index is 1.55. The Hall–Kier alpha value is -0.670. The van der Waals surface area contributed by atoms with E-state index in [1.54, 1.807) is 0 Å². The molecule has 5 rings (SSSR count). The van der Waals surface area contributed by atoms with Gasteiger partial charge in [-0.15, -0.1) is 0 Å². The third kappa shape index (κ3) is 2.79. The van der Waals surface area contributed by atoms with Gasteiger partial charge in [0.15, 0.2) is 0 Å². The van der Waals surface area contributed by atoms with Crippen molar-refractivity contribution in [3.63, 3.8) is 0 Å². The van der Waals surface area contributed by atoms with Crippen LogP contribution in [0.4, 0.5) is 0 Å². The van der Waals surface area contributed by atoms with Crippen LogP contribution in [0.2, 0.25) is 0 Å². The molecule has 3 nitrogen and oxygen atoms in total. The first-order chi connectivity index (χ1) is 15.4. The zero-order valence-corrected chi connectivity index (χ0v) is 22.1. The Morgan fingerprint density at radius 2 is 1.67 bits per heavy atom. The monoisotopic (exact) mass is 454 g/mol. The van der Waals surface area contributed by atoms with Crippen LogP contribution in [0.1, 0.15) is 98.8 Å². The van der Waals surface area contributed by atoms with Crippen molar-refractivity contribution in [2.24, 2.45) is 62.4 Å². The van der Waals surface area contributed by atoms with E-state index in [1.807, 2.05) is 6.21 Å². The summed E-state index contributed by atoms with van der Waals surface area (Å²) in [5, 5.41) is 19.0. The molecule has 0 unspecified atom stereocenters. The third-order valence-electron chi connectivity index (χ3n) is 13.7. The van der Waals surface area contributed by atoms with Gasteiger partial charge in [-0.1, -0.05) is 39.8 Å². The normalized spacial score (nSPS) is 57.9. The lowest BCUT2D eigenvalue weighted by molar-refractivity contribution is -0.238. The first-order valence-corrected chi connectivity index (χ1v) is 14.0. The first kappa shape index (κ1) is 24.0. The van der Waals surface area contributed by atoms with E-state index in [0.717, 1.165) is 6.42 Å². The molecule has 0 amide bonds. The molecule has 186 valence electrons. The maximum atomic E-state index is 10.5. The predicted molar refractivity (Wildman–Crippen MR) is 137 cm³/mol. The largest absolute Gasteiger partial charge is 0.396 e. The number of hydrogen-bond donors (Lipinski definition) is 3. The van der Waals surface area contributed by atoms with E-state index in [2.05, 4.69) is 41.2 Å². The molecule has 0 aliphatic heterocycles. The summed E-state index contributed by atoms with van der Waals surface area (Å²) in [6.07, 6.45) is 14.1. The number of nitrogens with two attached hydrogens (primary N) is 1. The van der Waals surface area contributed by atoms with Crippen molar-refractivity contribution in [2.45, 2.75) is 105 Å². The Bertz CT molecular complexity index is 839. The SMILES string of the molecule is C=C(C)[C@@H]1CC[C@]2(C=N)CC[C@]3(C)[C@H](CC[C@@H]4[C@@]5(C)CC[C@H](N)[C@@](C)(CO)[C@@H]5CC[C@]43C)[C@@H]12. The highest BCUT2D eigenvalue weighted by Crippen LogP contribution is 2.77. The van der Waals surface area contributed by atoms with Gasteiger partial charge in [-0.05, 0) is 117 Å². The van der Waals surface area contributed by atoms with Gasteiger partial charge in [0.25, 0.3) is 0 Å². The number of aliphatic hydroxyl groups is 1. The number of rotatable bonds is 3. The van der Waals surface area contributed by atoms with Crippen molar-refractivity contribution in [3.05, 3.63) is 12.2 Å². The van der Waals surface area contributed by atoms with Crippen molar-refractivity contribution < 1.29 is 5.11 Å². The van der Waals surface area contributed by atoms with Crippen LogP contribution in [0.3, 0.4) is 0 Å². The Kier molecular flexibility index (Phi) is 5.40. The van der Waals surface area contributed by atoms with Gasteiger partial charge in [0.1, 0.15) is 0 Å². The summed E-state index contributed by atoms with van der Waals surface area (Å²) < 4.78 is 0. The molecule has 5 aliphatic carbocycles. The first-order valence-electron chi connectivity index (χ1n) is 14.0. The Morgan fingerprint density at radius 3 is 2.30 bits per heavy atom. The second kappa shape index (κ2) is 7.42. The summed E-state index contributed by atoms with van der Waals surface area (Å²) in [7, 11) is 0. The fraction of sp³-hybridized carbons (Fsp3) is 0.900. The molecule has 0 spiro atoms. The summed E-state index contributed by atoms with van der Waals surface area (Å²) in [4.78, 5) is 0. The number of nitrogens with one attached hydrogen (secondary N) is 1. The summed E-state index contributed by atoms with van der Waals surface area (Å²) in [6.45, 7) is 17.1. The molecule has 5 aliphatic rings. The van der Waals surface area contributed by atoms with Crippen LogP contribution in [0.5, 0.6) is 0 Å². The van der Waals surface area contributed by atoms with Gasteiger partial charge in [-0.25, -0.2) is 0 Å². The van der Waals surface area contributed by atoms with E-state index in [9.17, 15) is 5.11 Å². The van der Waals surface area contributed by atoms with Gasteiger partial charge < -0.3 is 16.2 Å². The lowest BCUT2D eigenvalue weighted by atomic mass is 9.32. The summed E-state index contributed by atoms with van der Waals surface area (Å²) >= 11 is 0. The van der Waals surface area contributed by atoms with E-state index >= 15 is 0 Å². The van der Waals surface area contributed by atoms with Gasteiger partial charge in [0.2, 0.25) is 0 Å². The standard InChI is InChI=1S/C30H50N2O/c1-19(2)20-9-14-30(17-31)16-15-28(5)21(25(20)30)7-8-23-26(3)12-11-24(32)27(4,18-33)22(26)10-13-29(23,28)6/h17,20-25,31,33H,1,7-16,18,32H2,2-6H3/t20-,21+,22+,23+,24-,25+,26-,27-,28+,29+,30+/m0/s1. The van der Waals surface area contributed by atoms with Gasteiger partial charge in [0, 0.05) is 23.1 Å². The molecule has 0 aromatic heterocycles. The van der Waals surface area contributed by atoms with Crippen molar-refractivity contribution in [1.82, 2.24) is 0 Å². The molecule has 0 saturated heterocycles. The third-order valence-corrected chi connectivity index (χ3v) is 13.7. The fourth-order valence-corrected chi connectivity index (χ4v) is 11.5. The van der Waals surface area contributed by atoms with Gasteiger partial charge >= 0.3 is 0 Å². The summed E-state index contributed by atoms with van der Waals surface area (Å²) in [6, 6.07) is 0.120. The van der Waals surface area contributed by atoms with Crippen molar-refractivity contribution >= 4 is 6.21 Å². The highest BCUT2D eigenvalue weighted by Gasteiger charge is 2.70. The number of hydrogen-bond acceptors (Lipinski definition) is 3. The van der Waals surface area contributed by atoms with Crippen LogP contribution >= 0.6 is 0 Å². The number of allylic oxidation sites excluding steroid dienone is 1. The lowest BCUT2D eigenvalue weighted by Crippen LogP contribution is -2.68. The van der Waals surface area contributed by atoms with Crippen molar-refractivity contribution in [2.75, 3.05) is 6.61 Å². The van der Waals surface area contributed by atoms with Crippen LogP contribution in [-0.2, 0) is 0 Å². The highest BCUT2D eigenvalue weighted by molar-refractivity contribution is 5.64. The van der Waals surface area contributed by atoms with Crippen LogP contribution in [0, 0.1) is 62.1 Å². The number of fused-ring (bicyclic) bond motifs is 7. The molecule has 33 heavy (non-hydrogen) atoms. The highest BCUT2D eigenvalue weighted by atomic mass is 16.3. The van der Waals surface area contributed by atoms with E-state index in [4.69, 9.17) is 11.1 Å². The summed E-state index contributed by atoms with van der Waals surface area (Å²) in [5.74, 6) is 3.13. The Morgan fingerprint density at radius 1 is 0.939 bits per heavy atom. The van der Waals surface area contributed by atoms with Crippen molar-refractivity contribution in [1.29, 1.82) is 5.41 Å². The molecule has 4 N–H and O–H groups in total. The minimum absolute atomic E-state index is 0.116. The quantitative estimate of drug-likeness (QED) is 0.332. The maximum absolute atomic E-state index is 10.5. The zero-order chi connectivity index (χ0) is 24.0. The fourth-order valence-electron chi connectivity index (χ4n) is 11.5. The smallest absolute Gasteiger partial charge is 0.0502 e. The molecule has 0 radical (unpaired) electrons. The minimum atomic E-state index is -0.148. The lowest BCUT2D eigenvalue weighted by Gasteiger charge is -2.73. The maximum Gasteiger partial charge on any atom is 0.0502 e. The molecule has 5 saturated carbocycles. The molecular weight excluding hydrogens is 404 g/mol. The topological polar surface area (TPSA) is 70.1 Å². The summed E-state index contributed by atoms with van der Waals surface area (Å²) in [5.41, 5.74) is 8.92. The molecule has 0 aromatic rings. The molecule has 0 heterocycles. The molecule has 0 bridgehead atoms. The molecule has 0 aromatic carbocycles. The zero-order valence-electron chi connectivity index (χ0n) is 22.1. The second-order valence-corrected chi connectivity index (χ2v) is 14.4. The Labute approximate surface area is 202 Å². The van der Waals surface area contributed by atoms with Crippen LogP contribution in [0.15, 0.2) is 12.2 Å².